The van der Waals surface area contributed by atoms with E-state index in [1.807, 2.05) is 26.8 Å². The topological polar surface area (TPSA) is 67.8 Å². The van der Waals surface area contributed by atoms with Gasteiger partial charge in [0.15, 0.2) is 11.5 Å². The van der Waals surface area contributed by atoms with Crippen LogP contribution in [-0.4, -0.2) is 24.2 Å². The highest BCUT2D eigenvalue weighted by atomic mass is 16.5. The van der Waals surface area contributed by atoms with Crippen molar-refractivity contribution in [3.63, 3.8) is 0 Å². The first-order chi connectivity index (χ1) is 12.0. The number of hydrogen-bond acceptors (Lipinski definition) is 4. The number of hydrogen-bond donors (Lipinski definition) is 2. The van der Waals surface area contributed by atoms with Crippen molar-refractivity contribution in [2.75, 3.05) is 18.5 Å². The van der Waals surface area contributed by atoms with Gasteiger partial charge < -0.3 is 19.9 Å². The highest BCUT2D eigenvalue weighted by Gasteiger charge is 2.13. The number of phenols is 1. The predicted molar refractivity (Wildman–Crippen MR) is 98.8 cm³/mol. The number of benzene rings is 2. The van der Waals surface area contributed by atoms with Crippen LogP contribution in [0.3, 0.4) is 0 Å². The fraction of sp³-hybridized carbons (Fsp3) is 0.350. The molecule has 5 heteroatoms. The number of aromatic hydroxyl groups is 1. The van der Waals surface area contributed by atoms with E-state index in [1.165, 1.54) is 0 Å². The van der Waals surface area contributed by atoms with Crippen molar-refractivity contribution < 1.29 is 19.4 Å². The first-order valence-electron chi connectivity index (χ1n) is 8.55. The molecule has 0 heterocycles. The first kappa shape index (κ1) is 18.6. The second-order valence-electron chi connectivity index (χ2n) is 5.83. The van der Waals surface area contributed by atoms with Gasteiger partial charge in [-0.05, 0) is 55.7 Å². The van der Waals surface area contributed by atoms with E-state index in [-0.39, 0.29) is 11.7 Å². The van der Waals surface area contributed by atoms with Crippen LogP contribution in [-0.2, 0) is 0 Å². The van der Waals surface area contributed by atoms with Crippen LogP contribution >= 0.6 is 0 Å². The van der Waals surface area contributed by atoms with E-state index in [0.717, 1.165) is 18.4 Å². The van der Waals surface area contributed by atoms with Crippen LogP contribution in [0.4, 0.5) is 5.69 Å². The molecule has 0 bridgehead atoms. The van der Waals surface area contributed by atoms with Gasteiger partial charge in [0.1, 0.15) is 5.75 Å². The van der Waals surface area contributed by atoms with Gasteiger partial charge in [-0.15, -0.1) is 0 Å². The van der Waals surface area contributed by atoms with Crippen molar-refractivity contribution in [1.82, 2.24) is 0 Å². The van der Waals surface area contributed by atoms with Gasteiger partial charge in [-0.25, -0.2) is 0 Å². The summed E-state index contributed by atoms with van der Waals surface area (Å²) in [5, 5.41) is 12.7. The lowest BCUT2D eigenvalue weighted by Gasteiger charge is -2.14. The average Bonchev–Trinajstić information content (AvgIpc) is 2.60. The van der Waals surface area contributed by atoms with Gasteiger partial charge in [-0.1, -0.05) is 19.9 Å². The summed E-state index contributed by atoms with van der Waals surface area (Å²) in [5.74, 6) is 0.905. The Morgan fingerprint density at radius 2 is 1.68 bits per heavy atom. The summed E-state index contributed by atoms with van der Waals surface area (Å²) in [5.41, 5.74) is 1.73. The Bertz CT molecular complexity index is 728. The molecule has 25 heavy (non-hydrogen) atoms. The summed E-state index contributed by atoms with van der Waals surface area (Å²) < 4.78 is 11.4. The fourth-order valence-electron chi connectivity index (χ4n) is 2.25. The van der Waals surface area contributed by atoms with E-state index >= 15 is 0 Å². The third-order valence-corrected chi connectivity index (χ3v) is 3.53. The van der Waals surface area contributed by atoms with Crippen LogP contribution in [0.15, 0.2) is 36.4 Å². The van der Waals surface area contributed by atoms with E-state index in [1.54, 1.807) is 30.3 Å². The molecule has 134 valence electrons. The Balaban J connectivity index is 2.20. The van der Waals surface area contributed by atoms with Crippen LogP contribution in [0.5, 0.6) is 17.2 Å². The van der Waals surface area contributed by atoms with Gasteiger partial charge in [0, 0.05) is 5.56 Å². The normalized spacial score (nSPS) is 10.4. The molecule has 2 aromatic rings. The largest absolute Gasteiger partial charge is 0.506 e. The molecular weight excluding hydrogens is 318 g/mol. The molecule has 5 nitrogen and oxygen atoms in total. The van der Waals surface area contributed by atoms with Crippen molar-refractivity contribution >= 4 is 11.6 Å². The molecule has 0 spiro atoms. The van der Waals surface area contributed by atoms with E-state index in [2.05, 4.69) is 5.32 Å². The molecule has 1 amide bonds. The van der Waals surface area contributed by atoms with Crippen LogP contribution in [0.25, 0.3) is 0 Å². The zero-order valence-corrected chi connectivity index (χ0v) is 15.0. The van der Waals surface area contributed by atoms with Gasteiger partial charge in [0.25, 0.3) is 5.91 Å². The van der Waals surface area contributed by atoms with Crippen LogP contribution in [0.2, 0.25) is 0 Å². The van der Waals surface area contributed by atoms with Gasteiger partial charge in [-0.3, -0.25) is 4.79 Å². The van der Waals surface area contributed by atoms with Gasteiger partial charge in [-0.2, -0.15) is 0 Å². The third kappa shape index (κ3) is 5.14. The number of anilines is 1. The van der Waals surface area contributed by atoms with Crippen molar-refractivity contribution in [2.45, 2.75) is 33.6 Å². The Kier molecular flexibility index (Phi) is 6.69. The highest BCUT2D eigenvalue weighted by Crippen LogP contribution is 2.30. The number of carbonyl (C=O) groups excluding carboxylic acids is 1. The third-order valence-electron chi connectivity index (χ3n) is 3.53. The Hall–Kier alpha value is -2.69. The molecule has 0 saturated heterocycles. The summed E-state index contributed by atoms with van der Waals surface area (Å²) in [6, 6.07) is 10.2. The number of amides is 1. The summed E-state index contributed by atoms with van der Waals surface area (Å²) in [6.07, 6.45) is 1.75. The summed E-state index contributed by atoms with van der Waals surface area (Å²) in [7, 11) is 0. The maximum absolute atomic E-state index is 12.5. The predicted octanol–water partition coefficient (Wildman–Crippen LogP) is 4.53. The zero-order chi connectivity index (χ0) is 18.2. The van der Waals surface area contributed by atoms with Crippen molar-refractivity contribution in [1.29, 1.82) is 0 Å². The number of aryl methyl sites for hydroxylation is 1. The molecule has 0 saturated carbocycles. The molecule has 0 aliphatic heterocycles. The highest BCUT2D eigenvalue weighted by molar-refractivity contribution is 6.05. The lowest BCUT2D eigenvalue weighted by atomic mass is 10.1. The fourth-order valence-corrected chi connectivity index (χ4v) is 2.25. The van der Waals surface area contributed by atoms with Crippen molar-refractivity contribution in [3.05, 3.63) is 47.5 Å². The number of phenolic OH excluding ortho intramolecular Hbond substituents is 1. The van der Waals surface area contributed by atoms with Crippen LogP contribution < -0.4 is 14.8 Å². The van der Waals surface area contributed by atoms with Gasteiger partial charge in [0.05, 0.1) is 18.9 Å². The zero-order valence-electron chi connectivity index (χ0n) is 15.0. The number of carbonyl (C=O) groups is 1. The molecule has 0 atom stereocenters. The molecule has 2 rings (SSSR count). The van der Waals surface area contributed by atoms with E-state index in [0.29, 0.717) is 36.0 Å². The standard InChI is InChI=1S/C20H25NO4/c1-4-10-24-18-9-7-15(13-19(18)25-11-5-2)20(23)21-16-8-6-14(3)12-17(16)22/h6-9,12-13,22H,4-5,10-11H2,1-3H3,(H,21,23). The molecule has 0 aliphatic carbocycles. The molecule has 0 unspecified atom stereocenters. The van der Waals surface area contributed by atoms with Crippen LogP contribution in [0, 0.1) is 6.92 Å². The first-order valence-corrected chi connectivity index (χ1v) is 8.55. The number of nitrogens with one attached hydrogen (secondary N) is 1. The average molecular weight is 343 g/mol. The molecule has 2 aromatic carbocycles. The summed E-state index contributed by atoms with van der Waals surface area (Å²) in [6.45, 7) is 7.06. The Labute approximate surface area is 148 Å². The van der Waals surface area contributed by atoms with E-state index in [9.17, 15) is 9.90 Å². The molecule has 0 fully saturated rings. The minimum Gasteiger partial charge on any atom is -0.506 e. The molecule has 0 aromatic heterocycles. The molecule has 0 aliphatic rings. The second kappa shape index (κ2) is 8.97. The minimum absolute atomic E-state index is 0.0405. The monoisotopic (exact) mass is 343 g/mol. The number of ether oxygens (including phenoxy) is 2. The number of rotatable bonds is 8. The lowest BCUT2D eigenvalue weighted by molar-refractivity contribution is 0.102. The Morgan fingerprint density at radius 3 is 2.32 bits per heavy atom. The summed E-state index contributed by atoms with van der Waals surface area (Å²) >= 11 is 0. The maximum Gasteiger partial charge on any atom is 0.255 e. The maximum atomic E-state index is 12.5. The minimum atomic E-state index is -0.317. The summed E-state index contributed by atoms with van der Waals surface area (Å²) in [4.78, 5) is 12.5. The van der Waals surface area contributed by atoms with Crippen molar-refractivity contribution in [3.8, 4) is 17.2 Å². The van der Waals surface area contributed by atoms with E-state index < -0.39 is 0 Å². The SMILES string of the molecule is CCCOc1ccc(C(=O)Nc2ccc(C)cc2O)cc1OCCC. The molecular formula is C20H25NO4. The Morgan fingerprint density at radius 1 is 1.00 bits per heavy atom. The van der Waals surface area contributed by atoms with Crippen LogP contribution in [0.1, 0.15) is 42.6 Å². The van der Waals surface area contributed by atoms with Crippen molar-refractivity contribution in [2.24, 2.45) is 0 Å². The molecule has 2 N–H and O–H groups in total. The molecule has 0 radical (unpaired) electrons. The van der Waals surface area contributed by atoms with Gasteiger partial charge in [0.2, 0.25) is 0 Å². The smallest absolute Gasteiger partial charge is 0.255 e. The quantitative estimate of drug-likeness (QED) is 0.691. The second-order valence-corrected chi connectivity index (χ2v) is 5.83. The lowest BCUT2D eigenvalue weighted by Crippen LogP contribution is -2.12. The van der Waals surface area contributed by atoms with E-state index in [4.69, 9.17) is 9.47 Å². The van der Waals surface area contributed by atoms with Gasteiger partial charge >= 0.3 is 0 Å².